The third-order valence-electron chi connectivity index (χ3n) is 4.51. The van der Waals surface area contributed by atoms with Crippen molar-refractivity contribution in [3.05, 3.63) is 42.1 Å². The quantitative estimate of drug-likeness (QED) is 0.914. The summed E-state index contributed by atoms with van der Waals surface area (Å²) in [7, 11) is 0. The predicted octanol–water partition coefficient (Wildman–Crippen LogP) is 3.32. The molecule has 2 heterocycles. The summed E-state index contributed by atoms with van der Waals surface area (Å²) in [5, 5.41) is 4.80. The van der Waals surface area contributed by atoms with Gasteiger partial charge in [-0.05, 0) is 38.4 Å². The van der Waals surface area contributed by atoms with Crippen LogP contribution in [0.25, 0.3) is 10.9 Å². The van der Waals surface area contributed by atoms with Gasteiger partial charge in [-0.3, -0.25) is 4.98 Å². The number of likely N-dealkylation sites (N-methyl/N-ethyl adjacent to an activating group) is 1. The second-order valence-corrected chi connectivity index (χ2v) is 6.07. The number of benzene rings is 1. The highest BCUT2D eigenvalue weighted by atomic mass is 16.5. The topological polar surface area (TPSA) is 34.2 Å². The first-order valence-corrected chi connectivity index (χ1v) is 7.93. The first-order valence-electron chi connectivity index (χ1n) is 7.93. The molecule has 0 aliphatic carbocycles. The van der Waals surface area contributed by atoms with Crippen LogP contribution in [0.3, 0.4) is 0 Å². The summed E-state index contributed by atoms with van der Waals surface area (Å²) in [5.41, 5.74) is 2.14. The van der Waals surface area contributed by atoms with Crippen molar-refractivity contribution in [2.45, 2.75) is 44.8 Å². The Morgan fingerprint density at radius 1 is 1.29 bits per heavy atom. The van der Waals surface area contributed by atoms with Gasteiger partial charge in [-0.2, -0.15) is 0 Å². The molecular weight excluding hydrogens is 260 g/mol. The maximum Gasteiger partial charge on any atom is 0.0811 e. The summed E-state index contributed by atoms with van der Waals surface area (Å²) in [4.78, 5) is 4.80. The van der Waals surface area contributed by atoms with E-state index in [9.17, 15) is 0 Å². The van der Waals surface area contributed by atoms with Gasteiger partial charge in [-0.15, -0.1) is 0 Å². The summed E-state index contributed by atoms with van der Waals surface area (Å²) < 4.78 is 6.02. The zero-order chi connectivity index (χ0) is 14.7. The normalized spacial score (nSPS) is 23.5. The van der Waals surface area contributed by atoms with Gasteiger partial charge < -0.3 is 10.1 Å². The molecule has 0 amide bonds. The highest BCUT2D eigenvalue weighted by Crippen LogP contribution is 2.30. The van der Waals surface area contributed by atoms with E-state index in [-0.39, 0.29) is 5.60 Å². The van der Waals surface area contributed by atoms with Crippen LogP contribution in [0.4, 0.5) is 0 Å². The molecule has 1 aromatic carbocycles. The zero-order valence-corrected chi connectivity index (χ0v) is 12.9. The average molecular weight is 284 g/mol. The Labute approximate surface area is 126 Å². The molecule has 3 nitrogen and oxygen atoms in total. The summed E-state index contributed by atoms with van der Waals surface area (Å²) in [5.74, 6) is 0. The van der Waals surface area contributed by atoms with E-state index in [0.717, 1.165) is 43.6 Å². The van der Waals surface area contributed by atoms with Crippen molar-refractivity contribution in [3.8, 4) is 0 Å². The Morgan fingerprint density at radius 2 is 2.14 bits per heavy atom. The predicted molar refractivity (Wildman–Crippen MR) is 86.5 cm³/mol. The Kier molecular flexibility index (Phi) is 4.22. The summed E-state index contributed by atoms with van der Waals surface area (Å²) in [6, 6.07) is 12.9. The van der Waals surface area contributed by atoms with E-state index in [2.05, 4.69) is 49.5 Å². The van der Waals surface area contributed by atoms with E-state index in [4.69, 9.17) is 9.72 Å². The molecule has 0 spiro atoms. The fourth-order valence-corrected chi connectivity index (χ4v) is 3.26. The van der Waals surface area contributed by atoms with Crippen LogP contribution in [0.15, 0.2) is 36.4 Å². The first kappa shape index (κ1) is 14.5. The minimum Gasteiger partial charge on any atom is -0.374 e. The zero-order valence-electron chi connectivity index (χ0n) is 12.9. The number of nitrogens with zero attached hydrogens (tertiary/aromatic N) is 1. The lowest BCUT2D eigenvalue weighted by molar-refractivity contribution is -0.0112. The molecule has 1 fully saturated rings. The van der Waals surface area contributed by atoms with Crippen LogP contribution in [0.5, 0.6) is 0 Å². The first-order chi connectivity index (χ1) is 10.2. The third-order valence-corrected chi connectivity index (χ3v) is 4.51. The average Bonchev–Trinajstić information content (AvgIpc) is 2.95. The largest absolute Gasteiger partial charge is 0.374 e. The van der Waals surface area contributed by atoms with Gasteiger partial charge in [0.25, 0.3) is 0 Å². The molecule has 1 aliphatic heterocycles. The molecule has 1 saturated heterocycles. The maximum absolute atomic E-state index is 6.02. The van der Waals surface area contributed by atoms with E-state index in [1.165, 1.54) is 5.39 Å². The van der Waals surface area contributed by atoms with E-state index in [1.807, 2.05) is 6.07 Å². The lowest BCUT2D eigenvalue weighted by atomic mass is 9.89. The van der Waals surface area contributed by atoms with Crippen molar-refractivity contribution in [2.75, 3.05) is 13.2 Å². The summed E-state index contributed by atoms with van der Waals surface area (Å²) in [6.45, 7) is 6.22. The minimum absolute atomic E-state index is 0.0661. The Hall–Kier alpha value is -1.45. The number of aromatic nitrogens is 1. The number of para-hydroxylation sites is 1. The Balaban J connectivity index is 1.83. The molecule has 1 aromatic heterocycles. The number of hydrogen-bond acceptors (Lipinski definition) is 3. The van der Waals surface area contributed by atoms with Gasteiger partial charge in [0.05, 0.1) is 11.1 Å². The number of hydrogen-bond donors (Lipinski definition) is 1. The summed E-state index contributed by atoms with van der Waals surface area (Å²) >= 11 is 0. The van der Waals surface area contributed by atoms with Gasteiger partial charge in [0.1, 0.15) is 0 Å². The molecule has 2 unspecified atom stereocenters. The number of rotatable bonds is 5. The molecule has 21 heavy (non-hydrogen) atoms. The van der Waals surface area contributed by atoms with Gasteiger partial charge in [0, 0.05) is 30.1 Å². The number of nitrogens with one attached hydrogen (secondary N) is 1. The molecule has 0 radical (unpaired) electrons. The third kappa shape index (κ3) is 3.09. The van der Waals surface area contributed by atoms with Crippen LogP contribution in [0.2, 0.25) is 0 Å². The standard InChI is InChI=1S/C18H24N2O/c1-3-19-17(18(2)11-6-12-21-18)13-15-10-9-14-7-4-5-8-16(14)20-15/h4-5,7-10,17,19H,3,6,11-13H2,1-2H3. The van der Waals surface area contributed by atoms with Crippen molar-refractivity contribution in [2.24, 2.45) is 0 Å². The lowest BCUT2D eigenvalue weighted by Crippen LogP contribution is -2.49. The molecule has 1 N–H and O–H groups in total. The van der Waals surface area contributed by atoms with Crippen molar-refractivity contribution >= 4 is 10.9 Å². The number of fused-ring (bicyclic) bond motifs is 1. The molecule has 3 rings (SSSR count). The Morgan fingerprint density at radius 3 is 2.90 bits per heavy atom. The van der Waals surface area contributed by atoms with E-state index >= 15 is 0 Å². The van der Waals surface area contributed by atoms with Crippen LogP contribution in [0.1, 0.15) is 32.4 Å². The summed E-state index contributed by atoms with van der Waals surface area (Å²) in [6.07, 6.45) is 3.19. The van der Waals surface area contributed by atoms with E-state index in [0.29, 0.717) is 6.04 Å². The second kappa shape index (κ2) is 6.12. The molecule has 0 bridgehead atoms. The number of ether oxygens (including phenoxy) is 1. The fraction of sp³-hybridized carbons (Fsp3) is 0.500. The van der Waals surface area contributed by atoms with E-state index < -0.39 is 0 Å². The lowest BCUT2D eigenvalue weighted by Gasteiger charge is -2.34. The van der Waals surface area contributed by atoms with Crippen molar-refractivity contribution < 1.29 is 4.74 Å². The van der Waals surface area contributed by atoms with Gasteiger partial charge in [0.2, 0.25) is 0 Å². The molecule has 2 atom stereocenters. The molecule has 2 aromatic rings. The monoisotopic (exact) mass is 284 g/mol. The molecular formula is C18H24N2O. The van der Waals surface area contributed by atoms with Gasteiger partial charge in [0.15, 0.2) is 0 Å². The van der Waals surface area contributed by atoms with Crippen LogP contribution in [-0.4, -0.2) is 29.8 Å². The molecule has 112 valence electrons. The molecule has 3 heteroatoms. The van der Waals surface area contributed by atoms with Crippen LogP contribution < -0.4 is 5.32 Å². The Bertz CT molecular complexity index is 605. The highest BCUT2D eigenvalue weighted by Gasteiger charge is 2.38. The maximum atomic E-state index is 6.02. The number of pyridine rings is 1. The van der Waals surface area contributed by atoms with Crippen molar-refractivity contribution in [3.63, 3.8) is 0 Å². The van der Waals surface area contributed by atoms with Gasteiger partial charge in [-0.1, -0.05) is 31.2 Å². The molecule has 1 aliphatic rings. The smallest absolute Gasteiger partial charge is 0.0811 e. The molecule has 0 saturated carbocycles. The van der Waals surface area contributed by atoms with E-state index in [1.54, 1.807) is 0 Å². The van der Waals surface area contributed by atoms with Crippen LogP contribution >= 0.6 is 0 Å². The van der Waals surface area contributed by atoms with Crippen molar-refractivity contribution in [1.82, 2.24) is 10.3 Å². The fourth-order valence-electron chi connectivity index (χ4n) is 3.26. The van der Waals surface area contributed by atoms with Crippen LogP contribution in [-0.2, 0) is 11.2 Å². The minimum atomic E-state index is -0.0661. The SMILES string of the molecule is CCNC(Cc1ccc2ccccc2n1)C1(C)CCCO1. The van der Waals surface area contributed by atoms with Crippen molar-refractivity contribution in [1.29, 1.82) is 0 Å². The highest BCUT2D eigenvalue weighted by molar-refractivity contribution is 5.78. The van der Waals surface area contributed by atoms with Gasteiger partial charge >= 0.3 is 0 Å². The van der Waals surface area contributed by atoms with Gasteiger partial charge in [-0.25, -0.2) is 0 Å². The van der Waals surface area contributed by atoms with Crippen LogP contribution in [0, 0.1) is 0 Å². The second-order valence-electron chi connectivity index (χ2n) is 6.07.